The number of anilines is 1. The van der Waals surface area contributed by atoms with E-state index in [0.717, 1.165) is 19.0 Å². The molecule has 0 radical (unpaired) electrons. The van der Waals surface area contributed by atoms with Crippen LogP contribution in [0.1, 0.15) is 33.7 Å². The van der Waals surface area contributed by atoms with Gasteiger partial charge >= 0.3 is 6.61 Å². The highest BCUT2D eigenvalue weighted by atomic mass is 19.3. The maximum absolute atomic E-state index is 12.6. The number of alkyl halides is 2. The van der Waals surface area contributed by atoms with Crippen molar-refractivity contribution in [3.8, 4) is 5.75 Å². The van der Waals surface area contributed by atoms with Gasteiger partial charge in [0.1, 0.15) is 11.4 Å². The van der Waals surface area contributed by atoms with Gasteiger partial charge < -0.3 is 15.0 Å². The zero-order chi connectivity index (χ0) is 18.5. The molecule has 26 heavy (non-hydrogen) atoms. The van der Waals surface area contributed by atoms with Gasteiger partial charge in [0.05, 0.1) is 17.4 Å². The monoisotopic (exact) mass is 361 g/mol. The quantitative estimate of drug-likeness (QED) is 0.888. The molecule has 3 rings (SSSR count). The second kappa shape index (κ2) is 7.90. The second-order valence-electron chi connectivity index (χ2n) is 5.76. The lowest BCUT2D eigenvalue weighted by atomic mass is 10.1. The molecule has 2 amide bonds. The molecule has 1 aromatic heterocycles. The molecule has 1 saturated heterocycles. The Balaban J connectivity index is 1.74. The Morgan fingerprint density at radius 1 is 1.12 bits per heavy atom. The molecule has 0 unspecified atom stereocenters. The van der Waals surface area contributed by atoms with Crippen LogP contribution in [-0.4, -0.2) is 41.4 Å². The van der Waals surface area contributed by atoms with Crippen molar-refractivity contribution in [1.82, 2.24) is 9.88 Å². The summed E-state index contributed by atoms with van der Waals surface area (Å²) in [5, 5.41) is 2.65. The maximum atomic E-state index is 12.6. The maximum Gasteiger partial charge on any atom is 0.387 e. The van der Waals surface area contributed by atoms with Crippen molar-refractivity contribution in [3.05, 3.63) is 53.9 Å². The first kappa shape index (κ1) is 17.8. The van der Waals surface area contributed by atoms with Crippen molar-refractivity contribution < 1.29 is 23.1 Å². The van der Waals surface area contributed by atoms with Gasteiger partial charge in [-0.1, -0.05) is 12.1 Å². The van der Waals surface area contributed by atoms with Crippen molar-refractivity contribution in [1.29, 1.82) is 0 Å². The number of carbonyl (C=O) groups is 2. The fourth-order valence-corrected chi connectivity index (χ4v) is 2.74. The number of nitrogens with zero attached hydrogens (tertiary/aromatic N) is 2. The van der Waals surface area contributed by atoms with Gasteiger partial charge in [0.2, 0.25) is 0 Å². The van der Waals surface area contributed by atoms with Crippen LogP contribution in [-0.2, 0) is 0 Å². The van der Waals surface area contributed by atoms with Crippen molar-refractivity contribution >= 4 is 17.5 Å². The number of benzene rings is 1. The summed E-state index contributed by atoms with van der Waals surface area (Å²) in [7, 11) is 0. The zero-order valence-corrected chi connectivity index (χ0v) is 13.8. The van der Waals surface area contributed by atoms with Crippen LogP contribution in [0.5, 0.6) is 5.75 Å². The lowest BCUT2D eigenvalue weighted by Gasteiger charge is -2.17. The summed E-state index contributed by atoms with van der Waals surface area (Å²) in [5.74, 6) is -0.816. The molecule has 1 N–H and O–H groups in total. The summed E-state index contributed by atoms with van der Waals surface area (Å²) in [5.41, 5.74) is 0.805. The van der Waals surface area contributed by atoms with Gasteiger partial charge in [0.15, 0.2) is 0 Å². The van der Waals surface area contributed by atoms with E-state index in [4.69, 9.17) is 0 Å². The zero-order valence-electron chi connectivity index (χ0n) is 13.8. The van der Waals surface area contributed by atoms with E-state index in [9.17, 15) is 18.4 Å². The molecule has 0 atom stereocenters. The number of nitrogens with one attached hydrogen (secondary N) is 1. The molecule has 1 aliphatic rings. The fraction of sp³-hybridized carbons (Fsp3) is 0.278. The Kier molecular flexibility index (Phi) is 5.40. The van der Waals surface area contributed by atoms with Gasteiger partial charge in [0, 0.05) is 13.1 Å². The molecule has 1 fully saturated rings. The van der Waals surface area contributed by atoms with E-state index in [1.54, 1.807) is 29.2 Å². The highest BCUT2D eigenvalue weighted by Gasteiger charge is 2.22. The second-order valence-corrected chi connectivity index (χ2v) is 5.76. The number of rotatable bonds is 5. The normalized spacial score (nSPS) is 13.7. The van der Waals surface area contributed by atoms with Crippen LogP contribution in [0.3, 0.4) is 0 Å². The van der Waals surface area contributed by atoms with Gasteiger partial charge in [0.25, 0.3) is 11.8 Å². The number of hydrogen-bond donors (Lipinski definition) is 1. The molecular formula is C18H17F2N3O3. The Morgan fingerprint density at radius 2 is 1.85 bits per heavy atom. The van der Waals surface area contributed by atoms with Crippen LogP contribution < -0.4 is 10.1 Å². The van der Waals surface area contributed by atoms with E-state index in [0.29, 0.717) is 24.3 Å². The fourth-order valence-electron chi connectivity index (χ4n) is 2.74. The number of pyridine rings is 1. The van der Waals surface area contributed by atoms with E-state index in [2.05, 4.69) is 15.0 Å². The molecule has 0 bridgehead atoms. The minimum atomic E-state index is -2.96. The number of hydrogen-bond acceptors (Lipinski definition) is 4. The minimum Gasteiger partial charge on any atom is -0.433 e. The van der Waals surface area contributed by atoms with E-state index < -0.39 is 12.5 Å². The van der Waals surface area contributed by atoms with Gasteiger partial charge in [-0.05, 0) is 37.1 Å². The lowest BCUT2D eigenvalue weighted by molar-refractivity contribution is -0.0500. The number of ether oxygens (including phenoxy) is 1. The number of aromatic nitrogens is 1. The number of likely N-dealkylation sites (tertiary alicyclic amines) is 1. The van der Waals surface area contributed by atoms with Gasteiger partial charge in [-0.25, -0.2) is 4.98 Å². The molecule has 2 heterocycles. The number of para-hydroxylation sites is 1. The third-order valence-electron chi connectivity index (χ3n) is 3.99. The Bertz CT molecular complexity index is 791. The van der Waals surface area contributed by atoms with Crippen LogP contribution in [0.15, 0.2) is 42.6 Å². The van der Waals surface area contributed by atoms with E-state index in [1.807, 2.05) is 0 Å². The molecule has 136 valence electrons. The van der Waals surface area contributed by atoms with Crippen molar-refractivity contribution in [2.24, 2.45) is 0 Å². The van der Waals surface area contributed by atoms with Gasteiger partial charge in [-0.2, -0.15) is 8.78 Å². The third-order valence-corrected chi connectivity index (χ3v) is 3.99. The van der Waals surface area contributed by atoms with E-state index in [-0.39, 0.29) is 17.4 Å². The van der Waals surface area contributed by atoms with Crippen LogP contribution in [0.2, 0.25) is 0 Å². The highest BCUT2D eigenvalue weighted by Crippen LogP contribution is 2.21. The Labute approximate surface area is 148 Å². The van der Waals surface area contributed by atoms with Crippen molar-refractivity contribution in [2.75, 3.05) is 18.4 Å². The molecule has 0 aliphatic carbocycles. The first-order valence-electron chi connectivity index (χ1n) is 8.15. The van der Waals surface area contributed by atoms with Gasteiger partial charge in [-0.3, -0.25) is 9.59 Å². The molecule has 8 heteroatoms. The first-order valence-corrected chi connectivity index (χ1v) is 8.15. The molecular weight excluding hydrogens is 344 g/mol. The number of amides is 2. The largest absolute Gasteiger partial charge is 0.433 e. The highest BCUT2D eigenvalue weighted by molar-refractivity contribution is 6.08. The SMILES string of the molecule is O=C(Nc1ccccc1C(=O)N1CCCC1)c1ccc(OC(F)F)cn1. The van der Waals surface area contributed by atoms with Gasteiger partial charge in [-0.15, -0.1) is 0 Å². The minimum absolute atomic E-state index is 0.0232. The summed E-state index contributed by atoms with van der Waals surface area (Å²) < 4.78 is 28.5. The average molecular weight is 361 g/mol. The van der Waals surface area contributed by atoms with E-state index >= 15 is 0 Å². The molecule has 6 nitrogen and oxygen atoms in total. The molecule has 1 aliphatic heterocycles. The summed E-state index contributed by atoms with van der Waals surface area (Å²) in [6.45, 7) is -1.55. The lowest BCUT2D eigenvalue weighted by Crippen LogP contribution is -2.28. The molecule has 1 aromatic carbocycles. The number of halogens is 2. The standard InChI is InChI=1S/C18H17F2N3O3/c19-18(20)26-12-7-8-15(21-11-12)16(24)22-14-6-2-1-5-13(14)17(25)23-9-3-4-10-23/h1-2,5-8,11,18H,3-4,9-10H2,(H,22,24). The molecule has 2 aromatic rings. The third kappa shape index (κ3) is 4.14. The first-order chi connectivity index (χ1) is 12.5. The van der Waals surface area contributed by atoms with Crippen LogP contribution in [0.4, 0.5) is 14.5 Å². The van der Waals surface area contributed by atoms with Crippen LogP contribution >= 0.6 is 0 Å². The topological polar surface area (TPSA) is 71.5 Å². The predicted octanol–water partition coefficient (Wildman–Crippen LogP) is 3.17. The van der Waals surface area contributed by atoms with Crippen molar-refractivity contribution in [2.45, 2.75) is 19.5 Å². The van der Waals surface area contributed by atoms with Crippen molar-refractivity contribution in [3.63, 3.8) is 0 Å². The Hall–Kier alpha value is -3.03. The number of carbonyl (C=O) groups excluding carboxylic acids is 2. The summed E-state index contributed by atoms with van der Waals surface area (Å²) >= 11 is 0. The smallest absolute Gasteiger partial charge is 0.387 e. The summed E-state index contributed by atoms with van der Waals surface area (Å²) in [6.07, 6.45) is 2.98. The molecule has 0 spiro atoms. The van der Waals surface area contributed by atoms with E-state index in [1.165, 1.54) is 12.1 Å². The Morgan fingerprint density at radius 3 is 2.50 bits per heavy atom. The molecule has 0 saturated carbocycles. The summed E-state index contributed by atoms with van der Waals surface area (Å²) in [6, 6.07) is 9.24. The predicted molar refractivity (Wildman–Crippen MR) is 90.4 cm³/mol. The summed E-state index contributed by atoms with van der Waals surface area (Å²) in [4.78, 5) is 30.5. The average Bonchev–Trinajstić information content (AvgIpc) is 3.16. The van der Waals surface area contributed by atoms with Crippen LogP contribution in [0, 0.1) is 0 Å². The van der Waals surface area contributed by atoms with Crippen LogP contribution in [0.25, 0.3) is 0 Å².